The molecule has 0 aliphatic rings. The highest BCUT2D eigenvalue weighted by Gasteiger charge is 2.32. The van der Waals surface area contributed by atoms with Gasteiger partial charge in [-0.3, -0.25) is 0 Å². The van der Waals surface area contributed by atoms with Crippen LogP contribution < -0.4 is 10.1 Å². The number of nitriles is 1. The standard InChI is InChI=1S/C13H8F3N3O/c14-13(15,16)20-12-4-2-1-3-11(12)19-9-5-6-18-10(7-9)8-17/h1-7H,(H,18,19). The van der Waals surface area contributed by atoms with E-state index < -0.39 is 6.36 Å². The molecule has 0 aliphatic carbocycles. The van der Waals surface area contributed by atoms with Crippen molar-refractivity contribution in [3.63, 3.8) is 0 Å². The van der Waals surface area contributed by atoms with Crippen molar-refractivity contribution >= 4 is 11.4 Å². The van der Waals surface area contributed by atoms with Crippen molar-refractivity contribution in [3.8, 4) is 11.8 Å². The summed E-state index contributed by atoms with van der Waals surface area (Å²) < 4.78 is 40.7. The Morgan fingerprint density at radius 3 is 2.65 bits per heavy atom. The normalized spacial score (nSPS) is 10.7. The Hall–Kier alpha value is -2.75. The minimum atomic E-state index is -4.77. The van der Waals surface area contributed by atoms with E-state index >= 15 is 0 Å². The topological polar surface area (TPSA) is 57.9 Å². The van der Waals surface area contributed by atoms with Crippen LogP contribution in [0.25, 0.3) is 0 Å². The molecule has 0 bridgehead atoms. The number of halogens is 3. The molecule has 0 saturated heterocycles. The van der Waals surface area contributed by atoms with E-state index in [1.54, 1.807) is 6.07 Å². The van der Waals surface area contributed by atoms with Gasteiger partial charge < -0.3 is 10.1 Å². The van der Waals surface area contributed by atoms with Crippen LogP contribution in [0.2, 0.25) is 0 Å². The van der Waals surface area contributed by atoms with Crippen LogP contribution in [0.5, 0.6) is 5.75 Å². The lowest BCUT2D eigenvalue weighted by Crippen LogP contribution is -2.17. The predicted octanol–water partition coefficient (Wildman–Crippen LogP) is 3.60. The second-order valence-corrected chi connectivity index (χ2v) is 3.71. The molecular formula is C13H8F3N3O. The highest BCUT2D eigenvalue weighted by atomic mass is 19.4. The molecule has 2 aromatic rings. The molecule has 0 fully saturated rings. The van der Waals surface area contributed by atoms with Gasteiger partial charge in [0.1, 0.15) is 11.8 Å². The molecule has 102 valence electrons. The maximum absolute atomic E-state index is 12.3. The number of anilines is 2. The zero-order valence-corrected chi connectivity index (χ0v) is 9.98. The molecule has 0 atom stereocenters. The third-order valence-corrected chi connectivity index (χ3v) is 2.27. The van der Waals surface area contributed by atoms with E-state index in [0.29, 0.717) is 5.69 Å². The van der Waals surface area contributed by atoms with Crippen LogP contribution in [-0.2, 0) is 0 Å². The van der Waals surface area contributed by atoms with Gasteiger partial charge >= 0.3 is 6.36 Å². The van der Waals surface area contributed by atoms with E-state index in [2.05, 4.69) is 15.0 Å². The molecule has 0 amide bonds. The summed E-state index contributed by atoms with van der Waals surface area (Å²) in [5.74, 6) is -0.352. The second kappa shape index (κ2) is 5.48. The molecule has 1 aromatic carbocycles. The van der Waals surface area contributed by atoms with Gasteiger partial charge in [-0.1, -0.05) is 12.1 Å². The van der Waals surface area contributed by atoms with Gasteiger partial charge in [-0.25, -0.2) is 4.98 Å². The molecule has 0 saturated carbocycles. The SMILES string of the molecule is N#Cc1cc(Nc2ccccc2OC(F)(F)F)ccn1. The van der Waals surface area contributed by atoms with Crippen molar-refractivity contribution in [1.29, 1.82) is 5.26 Å². The lowest BCUT2D eigenvalue weighted by atomic mass is 10.2. The minimum Gasteiger partial charge on any atom is -0.404 e. The monoisotopic (exact) mass is 279 g/mol. The number of alkyl halides is 3. The Labute approximate surface area is 112 Å². The van der Waals surface area contributed by atoms with Crippen LogP contribution in [0, 0.1) is 11.3 Å². The Kier molecular flexibility index (Phi) is 3.75. The Bertz CT molecular complexity index is 650. The maximum Gasteiger partial charge on any atom is 0.573 e. The molecule has 2 rings (SSSR count). The van der Waals surface area contributed by atoms with Crippen molar-refractivity contribution in [2.24, 2.45) is 0 Å². The van der Waals surface area contributed by atoms with E-state index in [0.717, 1.165) is 0 Å². The summed E-state index contributed by atoms with van der Waals surface area (Å²) in [5.41, 5.74) is 0.735. The van der Waals surface area contributed by atoms with Crippen LogP contribution in [0.15, 0.2) is 42.6 Å². The molecular weight excluding hydrogens is 271 g/mol. The lowest BCUT2D eigenvalue weighted by molar-refractivity contribution is -0.274. The number of para-hydroxylation sites is 2. The average Bonchev–Trinajstić information content (AvgIpc) is 2.40. The fourth-order valence-electron chi connectivity index (χ4n) is 1.51. The van der Waals surface area contributed by atoms with Gasteiger partial charge in [-0.05, 0) is 24.3 Å². The van der Waals surface area contributed by atoms with Crippen LogP contribution in [-0.4, -0.2) is 11.3 Å². The first kappa shape index (κ1) is 13.7. The van der Waals surface area contributed by atoms with Crippen LogP contribution in [0.4, 0.5) is 24.5 Å². The van der Waals surface area contributed by atoms with Gasteiger partial charge in [0, 0.05) is 11.9 Å². The number of hydrogen-bond donors (Lipinski definition) is 1. The van der Waals surface area contributed by atoms with E-state index in [1.165, 1.54) is 36.5 Å². The number of aromatic nitrogens is 1. The summed E-state index contributed by atoms with van der Waals surface area (Å²) in [6.07, 6.45) is -3.39. The Balaban J connectivity index is 2.27. The van der Waals surface area contributed by atoms with E-state index in [-0.39, 0.29) is 17.1 Å². The molecule has 1 heterocycles. The van der Waals surface area contributed by atoms with Gasteiger partial charge in [0.15, 0.2) is 5.75 Å². The third-order valence-electron chi connectivity index (χ3n) is 2.27. The summed E-state index contributed by atoms with van der Waals surface area (Å²) in [6.45, 7) is 0. The fraction of sp³-hybridized carbons (Fsp3) is 0.0769. The smallest absolute Gasteiger partial charge is 0.404 e. The second-order valence-electron chi connectivity index (χ2n) is 3.71. The lowest BCUT2D eigenvalue weighted by Gasteiger charge is -2.14. The van der Waals surface area contributed by atoms with E-state index in [1.807, 2.05) is 6.07 Å². The first-order chi connectivity index (χ1) is 9.48. The number of nitrogens with zero attached hydrogens (tertiary/aromatic N) is 2. The molecule has 0 spiro atoms. The third kappa shape index (κ3) is 3.62. The molecule has 0 radical (unpaired) electrons. The van der Waals surface area contributed by atoms with Crippen molar-refractivity contribution in [3.05, 3.63) is 48.3 Å². The highest BCUT2D eigenvalue weighted by Crippen LogP contribution is 2.31. The van der Waals surface area contributed by atoms with Gasteiger partial charge in [0.05, 0.1) is 5.69 Å². The zero-order chi connectivity index (χ0) is 14.6. The Morgan fingerprint density at radius 2 is 1.95 bits per heavy atom. The molecule has 1 N–H and O–H groups in total. The van der Waals surface area contributed by atoms with Gasteiger partial charge in [-0.2, -0.15) is 5.26 Å². The molecule has 0 unspecified atom stereocenters. The minimum absolute atomic E-state index is 0.139. The number of pyridine rings is 1. The summed E-state index contributed by atoms with van der Waals surface area (Å²) in [6, 6.07) is 10.4. The van der Waals surface area contributed by atoms with Crippen molar-refractivity contribution in [2.75, 3.05) is 5.32 Å². The fourth-order valence-corrected chi connectivity index (χ4v) is 1.51. The van der Waals surface area contributed by atoms with Gasteiger partial charge in [0.2, 0.25) is 0 Å². The summed E-state index contributed by atoms with van der Waals surface area (Å²) in [5, 5.41) is 11.5. The predicted molar refractivity (Wildman–Crippen MR) is 65.4 cm³/mol. The van der Waals surface area contributed by atoms with Crippen molar-refractivity contribution in [1.82, 2.24) is 4.98 Å². The number of benzene rings is 1. The van der Waals surface area contributed by atoms with Gasteiger partial charge in [-0.15, -0.1) is 13.2 Å². The summed E-state index contributed by atoms with van der Waals surface area (Å²) >= 11 is 0. The molecule has 7 heteroatoms. The van der Waals surface area contributed by atoms with Crippen molar-refractivity contribution < 1.29 is 17.9 Å². The summed E-state index contributed by atoms with van der Waals surface area (Å²) in [7, 11) is 0. The first-order valence-corrected chi connectivity index (χ1v) is 5.46. The van der Waals surface area contributed by atoms with Crippen LogP contribution in [0.1, 0.15) is 5.69 Å². The first-order valence-electron chi connectivity index (χ1n) is 5.46. The van der Waals surface area contributed by atoms with Crippen molar-refractivity contribution in [2.45, 2.75) is 6.36 Å². The molecule has 4 nitrogen and oxygen atoms in total. The maximum atomic E-state index is 12.3. The number of hydrogen-bond acceptors (Lipinski definition) is 4. The highest BCUT2D eigenvalue weighted by molar-refractivity contribution is 5.66. The summed E-state index contributed by atoms with van der Waals surface area (Å²) in [4.78, 5) is 3.77. The molecule has 20 heavy (non-hydrogen) atoms. The van der Waals surface area contributed by atoms with E-state index in [4.69, 9.17) is 5.26 Å². The van der Waals surface area contributed by atoms with Gasteiger partial charge in [0.25, 0.3) is 0 Å². The van der Waals surface area contributed by atoms with Crippen LogP contribution >= 0.6 is 0 Å². The number of nitrogens with one attached hydrogen (secondary N) is 1. The Morgan fingerprint density at radius 1 is 1.20 bits per heavy atom. The number of ether oxygens (including phenoxy) is 1. The largest absolute Gasteiger partial charge is 0.573 e. The molecule has 0 aliphatic heterocycles. The zero-order valence-electron chi connectivity index (χ0n) is 9.98. The molecule has 1 aromatic heterocycles. The average molecular weight is 279 g/mol. The van der Waals surface area contributed by atoms with Crippen LogP contribution in [0.3, 0.4) is 0 Å². The number of rotatable bonds is 3. The van der Waals surface area contributed by atoms with E-state index in [9.17, 15) is 13.2 Å². The quantitative estimate of drug-likeness (QED) is 0.932.